The van der Waals surface area contributed by atoms with Gasteiger partial charge in [-0.1, -0.05) is 13.0 Å². The van der Waals surface area contributed by atoms with Gasteiger partial charge in [-0.15, -0.1) is 11.3 Å². The molecule has 2 unspecified atom stereocenters. The predicted molar refractivity (Wildman–Crippen MR) is 73.8 cm³/mol. The maximum atomic E-state index is 13.3. The molecule has 104 valence electrons. The zero-order valence-corrected chi connectivity index (χ0v) is 11.6. The summed E-state index contributed by atoms with van der Waals surface area (Å²) in [5, 5.41) is 5.64. The third kappa shape index (κ3) is 3.09. The highest BCUT2D eigenvalue weighted by Gasteiger charge is 2.43. The molecule has 2 aromatic rings. The predicted octanol–water partition coefficient (Wildman–Crippen LogP) is 4.55. The molecule has 1 heterocycles. The Morgan fingerprint density at radius 2 is 2.00 bits per heavy atom. The number of hydrogen-bond acceptors (Lipinski definition) is 2. The summed E-state index contributed by atoms with van der Waals surface area (Å²) in [5.41, 5.74) is 0.326. The molecular formula is C14H16F3NS. The van der Waals surface area contributed by atoms with Crippen LogP contribution in [0.3, 0.4) is 0 Å². The molecule has 1 aromatic heterocycles. The fraction of sp³-hybridized carbons (Fsp3) is 0.429. The molecule has 1 nitrogen and oxygen atoms in total. The number of alkyl halides is 3. The van der Waals surface area contributed by atoms with E-state index < -0.39 is 18.1 Å². The number of halogens is 3. The maximum absolute atomic E-state index is 13.3. The molecule has 5 heteroatoms. The van der Waals surface area contributed by atoms with Crippen molar-refractivity contribution >= 4 is 21.4 Å². The lowest BCUT2D eigenvalue weighted by Crippen LogP contribution is -2.39. The summed E-state index contributed by atoms with van der Waals surface area (Å²) >= 11 is 1.54. The average Bonchev–Trinajstić information content (AvgIpc) is 2.74. The van der Waals surface area contributed by atoms with Gasteiger partial charge in [0, 0.05) is 10.7 Å². The largest absolute Gasteiger partial charge is 0.397 e. The second-order valence-electron chi connectivity index (χ2n) is 4.58. The second-order valence-corrected chi connectivity index (χ2v) is 5.53. The zero-order valence-electron chi connectivity index (χ0n) is 10.8. The average molecular weight is 287 g/mol. The van der Waals surface area contributed by atoms with Crippen LogP contribution < -0.4 is 5.32 Å². The van der Waals surface area contributed by atoms with Crippen LogP contribution in [0.15, 0.2) is 29.6 Å². The molecule has 0 aliphatic heterocycles. The van der Waals surface area contributed by atoms with Gasteiger partial charge in [0.05, 0.1) is 5.92 Å². The molecule has 0 aliphatic carbocycles. The van der Waals surface area contributed by atoms with Crippen LogP contribution in [0.25, 0.3) is 10.1 Å². The van der Waals surface area contributed by atoms with Crippen LogP contribution in [0.5, 0.6) is 0 Å². The fourth-order valence-corrected chi connectivity index (χ4v) is 3.15. The topological polar surface area (TPSA) is 12.0 Å². The van der Waals surface area contributed by atoms with Crippen molar-refractivity contribution in [3.8, 4) is 0 Å². The number of thiophene rings is 1. The summed E-state index contributed by atoms with van der Waals surface area (Å²) in [6.07, 6.45) is -4.24. The normalized spacial score (nSPS) is 15.6. The lowest BCUT2D eigenvalue weighted by atomic mass is 9.91. The molecular weight excluding hydrogens is 271 g/mol. The molecule has 0 radical (unpaired) electrons. The van der Waals surface area contributed by atoms with E-state index in [0.717, 1.165) is 10.1 Å². The van der Waals surface area contributed by atoms with E-state index in [0.29, 0.717) is 12.1 Å². The van der Waals surface area contributed by atoms with Crippen molar-refractivity contribution in [2.75, 3.05) is 6.54 Å². The highest BCUT2D eigenvalue weighted by Crippen LogP contribution is 2.38. The smallest absolute Gasteiger partial charge is 0.314 e. The van der Waals surface area contributed by atoms with Gasteiger partial charge in [-0.3, -0.25) is 0 Å². The molecule has 0 aliphatic rings. The molecule has 19 heavy (non-hydrogen) atoms. The van der Waals surface area contributed by atoms with Crippen molar-refractivity contribution < 1.29 is 13.2 Å². The summed E-state index contributed by atoms with van der Waals surface area (Å²) in [5.74, 6) is -1.48. The Bertz CT molecular complexity index is 547. The van der Waals surface area contributed by atoms with Crippen molar-refractivity contribution in [2.24, 2.45) is 0 Å². The van der Waals surface area contributed by atoms with Gasteiger partial charge < -0.3 is 5.32 Å². The molecule has 2 rings (SSSR count). The Morgan fingerprint density at radius 3 is 2.63 bits per heavy atom. The van der Waals surface area contributed by atoms with Crippen molar-refractivity contribution in [1.29, 1.82) is 0 Å². The van der Waals surface area contributed by atoms with Gasteiger partial charge in [0.15, 0.2) is 0 Å². The van der Waals surface area contributed by atoms with E-state index in [4.69, 9.17) is 0 Å². The van der Waals surface area contributed by atoms with E-state index in [1.807, 2.05) is 18.4 Å². The first kappa shape index (κ1) is 14.3. The summed E-state index contributed by atoms with van der Waals surface area (Å²) in [7, 11) is 0. The van der Waals surface area contributed by atoms with Crippen LogP contribution in [0.4, 0.5) is 13.2 Å². The molecule has 0 saturated carbocycles. The SMILES string of the molecule is CCNC(C)C(c1ccc2sccc2c1)C(F)(F)F. The minimum absolute atomic E-state index is 0.326. The van der Waals surface area contributed by atoms with Crippen molar-refractivity contribution in [2.45, 2.75) is 32.0 Å². The first-order valence-electron chi connectivity index (χ1n) is 6.20. The molecule has 2 atom stereocenters. The number of nitrogens with one attached hydrogen (secondary N) is 1. The molecule has 1 aromatic carbocycles. The van der Waals surface area contributed by atoms with Crippen LogP contribution in [0.2, 0.25) is 0 Å². The summed E-state index contributed by atoms with van der Waals surface area (Å²) in [6.45, 7) is 3.92. The van der Waals surface area contributed by atoms with E-state index in [1.165, 1.54) is 11.3 Å². The lowest BCUT2D eigenvalue weighted by Gasteiger charge is -2.27. The monoisotopic (exact) mass is 287 g/mol. The Kier molecular flexibility index (Phi) is 4.16. The third-order valence-corrected chi connectivity index (χ3v) is 4.11. The van der Waals surface area contributed by atoms with E-state index in [1.54, 1.807) is 25.1 Å². The molecule has 0 saturated heterocycles. The Morgan fingerprint density at radius 1 is 1.26 bits per heavy atom. The molecule has 0 amide bonds. The van der Waals surface area contributed by atoms with Gasteiger partial charge in [0.25, 0.3) is 0 Å². The third-order valence-electron chi connectivity index (χ3n) is 3.21. The summed E-state index contributed by atoms with van der Waals surface area (Å²) in [4.78, 5) is 0. The van der Waals surface area contributed by atoms with Crippen LogP contribution >= 0.6 is 11.3 Å². The number of rotatable bonds is 4. The van der Waals surface area contributed by atoms with E-state index in [-0.39, 0.29) is 0 Å². The van der Waals surface area contributed by atoms with Gasteiger partial charge in [-0.05, 0) is 48.0 Å². The van der Waals surface area contributed by atoms with Gasteiger partial charge >= 0.3 is 6.18 Å². The first-order chi connectivity index (χ1) is 8.93. The number of hydrogen-bond donors (Lipinski definition) is 1. The first-order valence-corrected chi connectivity index (χ1v) is 7.08. The van der Waals surface area contributed by atoms with Crippen LogP contribution in [0.1, 0.15) is 25.3 Å². The fourth-order valence-electron chi connectivity index (χ4n) is 2.38. The Labute approximate surface area is 114 Å². The van der Waals surface area contributed by atoms with Crippen LogP contribution in [0, 0.1) is 0 Å². The minimum atomic E-state index is -4.24. The number of fused-ring (bicyclic) bond motifs is 1. The van der Waals surface area contributed by atoms with Gasteiger partial charge in [0.2, 0.25) is 0 Å². The van der Waals surface area contributed by atoms with Crippen LogP contribution in [-0.2, 0) is 0 Å². The van der Waals surface area contributed by atoms with Crippen molar-refractivity contribution in [1.82, 2.24) is 5.32 Å². The molecule has 0 bridgehead atoms. The van der Waals surface area contributed by atoms with E-state index >= 15 is 0 Å². The highest BCUT2D eigenvalue weighted by atomic mass is 32.1. The molecule has 0 spiro atoms. The standard InChI is InChI=1S/C14H16F3NS/c1-3-18-9(2)13(14(15,16)17)11-4-5-12-10(8-11)6-7-19-12/h4-9,13,18H,3H2,1-2H3. The Balaban J connectivity index is 2.41. The maximum Gasteiger partial charge on any atom is 0.397 e. The van der Waals surface area contributed by atoms with Crippen molar-refractivity contribution in [3.05, 3.63) is 35.2 Å². The van der Waals surface area contributed by atoms with Crippen molar-refractivity contribution in [3.63, 3.8) is 0 Å². The lowest BCUT2D eigenvalue weighted by molar-refractivity contribution is -0.156. The van der Waals surface area contributed by atoms with Gasteiger partial charge in [0.1, 0.15) is 0 Å². The minimum Gasteiger partial charge on any atom is -0.314 e. The molecule has 0 fully saturated rings. The second kappa shape index (κ2) is 5.51. The van der Waals surface area contributed by atoms with E-state index in [2.05, 4.69) is 5.32 Å². The van der Waals surface area contributed by atoms with Crippen LogP contribution in [-0.4, -0.2) is 18.8 Å². The number of likely N-dealkylation sites (N-methyl/N-ethyl adjacent to an activating group) is 1. The summed E-state index contributed by atoms with van der Waals surface area (Å²) in [6, 6.07) is 6.23. The van der Waals surface area contributed by atoms with Gasteiger partial charge in [-0.25, -0.2) is 0 Å². The Hall–Kier alpha value is -1.07. The number of benzene rings is 1. The van der Waals surface area contributed by atoms with Gasteiger partial charge in [-0.2, -0.15) is 13.2 Å². The zero-order chi connectivity index (χ0) is 14.0. The molecule has 1 N–H and O–H groups in total. The quantitative estimate of drug-likeness (QED) is 0.870. The summed E-state index contributed by atoms with van der Waals surface area (Å²) < 4.78 is 40.8. The van der Waals surface area contributed by atoms with E-state index in [9.17, 15) is 13.2 Å². The highest BCUT2D eigenvalue weighted by molar-refractivity contribution is 7.17.